The first-order valence-electron chi connectivity index (χ1n) is 5.76. The largest absolute Gasteiger partial charge is 0.416 e. The van der Waals surface area contributed by atoms with Crippen LogP contribution < -0.4 is 5.73 Å². The summed E-state index contributed by atoms with van der Waals surface area (Å²) in [7, 11) is 1.63. The second-order valence-electron chi connectivity index (χ2n) is 4.36. The number of aliphatic hydroxyl groups is 1. The first-order chi connectivity index (χ1) is 9.29. The standard InChI is InChI=1S/C12H13F3N4O/c1-19-11(17-6-18-19)5-10(20)8-4-7(12(13,14)15)2-3-9(8)16/h2-4,6,10,20H,5,16H2,1H3. The van der Waals surface area contributed by atoms with Crippen molar-refractivity contribution in [1.29, 1.82) is 0 Å². The van der Waals surface area contributed by atoms with E-state index in [0.29, 0.717) is 5.82 Å². The molecule has 0 amide bonds. The van der Waals surface area contributed by atoms with Gasteiger partial charge in [0.1, 0.15) is 12.2 Å². The van der Waals surface area contributed by atoms with Crippen LogP contribution in [0.25, 0.3) is 0 Å². The van der Waals surface area contributed by atoms with Crippen LogP contribution in [0.15, 0.2) is 24.5 Å². The van der Waals surface area contributed by atoms with Gasteiger partial charge in [-0.15, -0.1) is 0 Å². The van der Waals surface area contributed by atoms with E-state index in [0.717, 1.165) is 18.2 Å². The van der Waals surface area contributed by atoms with Gasteiger partial charge >= 0.3 is 6.18 Å². The molecule has 0 spiro atoms. The Hall–Kier alpha value is -2.09. The van der Waals surface area contributed by atoms with Gasteiger partial charge in [-0.2, -0.15) is 18.3 Å². The van der Waals surface area contributed by atoms with Crippen LogP contribution in [0, 0.1) is 0 Å². The summed E-state index contributed by atoms with van der Waals surface area (Å²) in [5.41, 5.74) is 4.92. The number of aryl methyl sites for hydroxylation is 1. The van der Waals surface area contributed by atoms with Crippen LogP contribution in [0.4, 0.5) is 18.9 Å². The highest BCUT2D eigenvalue weighted by Crippen LogP contribution is 2.33. The summed E-state index contributed by atoms with van der Waals surface area (Å²) in [4.78, 5) is 3.91. The maximum Gasteiger partial charge on any atom is 0.416 e. The molecule has 0 aliphatic heterocycles. The molecule has 5 nitrogen and oxygen atoms in total. The van der Waals surface area contributed by atoms with E-state index in [1.807, 2.05) is 0 Å². The number of aromatic nitrogens is 3. The third-order valence-corrected chi connectivity index (χ3v) is 2.95. The third kappa shape index (κ3) is 2.90. The monoisotopic (exact) mass is 286 g/mol. The zero-order valence-electron chi connectivity index (χ0n) is 10.6. The van der Waals surface area contributed by atoms with Crippen LogP contribution >= 0.6 is 0 Å². The molecule has 1 atom stereocenters. The van der Waals surface area contributed by atoms with Gasteiger partial charge in [-0.3, -0.25) is 4.68 Å². The summed E-state index contributed by atoms with van der Waals surface area (Å²) >= 11 is 0. The second kappa shape index (κ2) is 5.12. The van der Waals surface area contributed by atoms with E-state index in [1.54, 1.807) is 7.05 Å². The lowest BCUT2D eigenvalue weighted by atomic mass is 10.0. The first-order valence-corrected chi connectivity index (χ1v) is 5.76. The van der Waals surface area contributed by atoms with Crippen molar-refractivity contribution in [2.45, 2.75) is 18.7 Å². The predicted octanol–water partition coefficient (Wildman–Crippen LogP) is 1.69. The van der Waals surface area contributed by atoms with Gasteiger partial charge in [0, 0.05) is 24.7 Å². The highest BCUT2D eigenvalue weighted by Gasteiger charge is 2.31. The number of halogens is 3. The summed E-state index contributed by atoms with van der Waals surface area (Å²) in [6, 6.07) is 2.88. The number of hydrogen-bond acceptors (Lipinski definition) is 4. The summed E-state index contributed by atoms with van der Waals surface area (Å²) in [5, 5.41) is 13.9. The Morgan fingerprint density at radius 3 is 2.65 bits per heavy atom. The molecule has 20 heavy (non-hydrogen) atoms. The van der Waals surface area contributed by atoms with Crippen molar-refractivity contribution in [3.63, 3.8) is 0 Å². The highest BCUT2D eigenvalue weighted by molar-refractivity contribution is 5.50. The summed E-state index contributed by atoms with van der Waals surface area (Å²) in [6.07, 6.45) is -4.33. The number of nitrogens with zero attached hydrogens (tertiary/aromatic N) is 3. The van der Waals surface area contributed by atoms with Crippen molar-refractivity contribution in [2.75, 3.05) is 5.73 Å². The molecule has 0 aliphatic rings. The molecule has 8 heteroatoms. The minimum atomic E-state index is -4.48. The second-order valence-corrected chi connectivity index (χ2v) is 4.36. The third-order valence-electron chi connectivity index (χ3n) is 2.95. The maximum atomic E-state index is 12.7. The quantitative estimate of drug-likeness (QED) is 0.842. The lowest BCUT2D eigenvalue weighted by Gasteiger charge is -2.15. The molecular formula is C12H13F3N4O. The van der Waals surface area contributed by atoms with Gasteiger partial charge in [-0.25, -0.2) is 4.98 Å². The lowest BCUT2D eigenvalue weighted by Crippen LogP contribution is -2.12. The van der Waals surface area contributed by atoms with Crippen LogP contribution in [0.1, 0.15) is 23.1 Å². The fourth-order valence-electron chi connectivity index (χ4n) is 1.83. The molecule has 3 N–H and O–H groups in total. The van der Waals surface area contributed by atoms with Crippen molar-refractivity contribution in [2.24, 2.45) is 7.05 Å². The van der Waals surface area contributed by atoms with E-state index < -0.39 is 17.8 Å². The Bertz CT molecular complexity index is 609. The number of benzene rings is 1. The van der Waals surface area contributed by atoms with Crippen molar-refractivity contribution >= 4 is 5.69 Å². The molecule has 0 saturated heterocycles. The van der Waals surface area contributed by atoms with Crippen molar-refractivity contribution in [3.05, 3.63) is 41.5 Å². The molecule has 0 saturated carbocycles. The van der Waals surface area contributed by atoms with E-state index in [9.17, 15) is 18.3 Å². The van der Waals surface area contributed by atoms with Crippen molar-refractivity contribution < 1.29 is 18.3 Å². The van der Waals surface area contributed by atoms with Gasteiger partial charge in [0.15, 0.2) is 0 Å². The molecule has 0 fully saturated rings. The van der Waals surface area contributed by atoms with E-state index in [-0.39, 0.29) is 17.7 Å². The minimum Gasteiger partial charge on any atom is -0.398 e. The average Bonchev–Trinajstić information content (AvgIpc) is 2.74. The number of nitrogens with two attached hydrogens (primary N) is 1. The number of anilines is 1. The van der Waals surface area contributed by atoms with E-state index in [2.05, 4.69) is 10.1 Å². The SMILES string of the molecule is Cn1ncnc1CC(O)c1cc(C(F)(F)F)ccc1N. The van der Waals surface area contributed by atoms with Gasteiger partial charge in [0.25, 0.3) is 0 Å². The molecule has 1 aromatic carbocycles. The highest BCUT2D eigenvalue weighted by atomic mass is 19.4. The van der Waals surface area contributed by atoms with Gasteiger partial charge < -0.3 is 10.8 Å². The fraction of sp³-hybridized carbons (Fsp3) is 0.333. The van der Waals surface area contributed by atoms with Gasteiger partial charge in [-0.1, -0.05) is 0 Å². The summed E-state index contributed by atoms with van der Waals surface area (Å²) in [6.45, 7) is 0. The molecule has 2 rings (SSSR count). The molecule has 0 aliphatic carbocycles. The average molecular weight is 286 g/mol. The van der Waals surface area contributed by atoms with Crippen LogP contribution in [-0.2, 0) is 19.6 Å². The molecule has 108 valence electrons. The number of aliphatic hydroxyl groups excluding tert-OH is 1. The zero-order chi connectivity index (χ0) is 14.9. The summed E-state index contributed by atoms with van der Waals surface area (Å²) in [5.74, 6) is 0.453. The van der Waals surface area contributed by atoms with Crippen LogP contribution in [0.3, 0.4) is 0 Å². The smallest absolute Gasteiger partial charge is 0.398 e. The Kier molecular flexibility index (Phi) is 3.67. The zero-order valence-corrected chi connectivity index (χ0v) is 10.6. The van der Waals surface area contributed by atoms with Crippen LogP contribution in [0.5, 0.6) is 0 Å². The van der Waals surface area contributed by atoms with Gasteiger partial charge in [-0.05, 0) is 18.2 Å². The lowest BCUT2D eigenvalue weighted by molar-refractivity contribution is -0.137. The Balaban J connectivity index is 2.29. The fourth-order valence-corrected chi connectivity index (χ4v) is 1.83. The minimum absolute atomic E-state index is 0.0298. The van der Waals surface area contributed by atoms with Crippen molar-refractivity contribution in [1.82, 2.24) is 14.8 Å². The summed E-state index contributed by atoms with van der Waals surface area (Å²) < 4.78 is 39.4. The van der Waals surface area contributed by atoms with Crippen molar-refractivity contribution in [3.8, 4) is 0 Å². The van der Waals surface area contributed by atoms with E-state index in [1.165, 1.54) is 11.0 Å². The number of nitrogen functional groups attached to an aromatic ring is 1. The van der Waals surface area contributed by atoms with Crippen LogP contribution in [-0.4, -0.2) is 19.9 Å². The normalized spacial score (nSPS) is 13.4. The molecule has 1 heterocycles. The number of alkyl halides is 3. The Morgan fingerprint density at radius 1 is 1.40 bits per heavy atom. The Morgan fingerprint density at radius 2 is 2.10 bits per heavy atom. The van der Waals surface area contributed by atoms with E-state index in [4.69, 9.17) is 5.73 Å². The molecule has 1 aromatic heterocycles. The maximum absolute atomic E-state index is 12.7. The molecule has 1 unspecified atom stereocenters. The predicted molar refractivity (Wildman–Crippen MR) is 65.5 cm³/mol. The molecule has 0 bridgehead atoms. The molecule has 2 aromatic rings. The van der Waals surface area contributed by atoms with Gasteiger partial charge in [0.2, 0.25) is 0 Å². The van der Waals surface area contributed by atoms with Gasteiger partial charge in [0.05, 0.1) is 11.7 Å². The number of hydrogen-bond donors (Lipinski definition) is 2. The molecular weight excluding hydrogens is 273 g/mol. The topological polar surface area (TPSA) is 77.0 Å². The first kappa shape index (κ1) is 14.3. The molecule has 0 radical (unpaired) electrons. The van der Waals surface area contributed by atoms with E-state index >= 15 is 0 Å². The Labute approximate surface area is 112 Å². The number of rotatable bonds is 3. The van der Waals surface area contributed by atoms with Crippen LogP contribution in [0.2, 0.25) is 0 Å².